The zero-order valence-corrected chi connectivity index (χ0v) is 18.0. The van der Waals surface area contributed by atoms with Gasteiger partial charge in [-0.25, -0.2) is 4.79 Å². The number of piperidine rings is 1. The minimum atomic E-state index is -0.328. The Hall–Kier alpha value is -2.76. The molecule has 4 rings (SSSR count). The molecule has 0 spiro atoms. The van der Waals surface area contributed by atoms with Crippen molar-refractivity contribution in [1.82, 2.24) is 14.8 Å². The molecule has 3 aromatic rings. The van der Waals surface area contributed by atoms with Crippen molar-refractivity contribution in [3.05, 3.63) is 65.9 Å². The smallest absolute Gasteiger partial charge is 0.340 e. The molecular formula is C25H29N3O2. The highest BCUT2D eigenvalue weighted by molar-refractivity contribution is 6.07. The highest BCUT2D eigenvalue weighted by atomic mass is 16.5. The minimum Gasteiger partial charge on any atom is -0.465 e. The highest BCUT2D eigenvalue weighted by Gasteiger charge is 2.26. The van der Waals surface area contributed by atoms with Crippen molar-refractivity contribution in [2.45, 2.75) is 25.4 Å². The number of para-hydroxylation sites is 1. The fraction of sp³-hybridized carbons (Fsp3) is 0.360. The van der Waals surface area contributed by atoms with E-state index in [2.05, 4.69) is 23.9 Å². The van der Waals surface area contributed by atoms with E-state index < -0.39 is 0 Å². The van der Waals surface area contributed by atoms with Crippen molar-refractivity contribution in [3.63, 3.8) is 0 Å². The number of esters is 1. The lowest BCUT2D eigenvalue weighted by atomic mass is 9.93. The molecule has 1 aromatic heterocycles. The van der Waals surface area contributed by atoms with E-state index in [4.69, 9.17) is 9.72 Å². The predicted molar refractivity (Wildman–Crippen MR) is 121 cm³/mol. The van der Waals surface area contributed by atoms with Crippen molar-refractivity contribution in [2.24, 2.45) is 0 Å². The van der Waals surface area contributed by atoms with Crippen LogP contribution in [-0.4, -0.2) is 61.1 Å². The average Bonchev–Trinajstić information content (AvgIpc) is 2.78. The fourth-order valence-electron chi connectivity index (χ4n) is 4.41. The largest absolute Gasteiger partial charge is 0.465 e. The van der Waals surface area contributed by atoms with Gasteiger partial charge in [0.1, 0.15) is 0 Å². The first-order chi connectivity index (χ1) is 14.6. The first kappa shape index (κ1) is 20.5. The van der Waals surface area contributed by atoms with Gasteiger partial charge < -0.3 is 9.64 Å². The first-order valence-electron chi connectivity index (χ1n) is 10.5. The van der Waals surface area contributed by atoms with Gasteiger partial charge in [0.2, 0.25) is 0 Å². The molecule has 2 aromatic carbocycles. The Balaban J connectivity index is 1.80. The number of methoxy groups -OCH3 is 1. The van der Waals surface area contributed by atoms with Crippen LogP contribution >= 0.6 is 0 Å². The van der Waals surface area contributed by atoms with Gasteiger partial charge in [0.05, 0.1) is 23.9 Å². The van der Waals surface area contributed by atoms with Crippen LogP contribution in [0.5, 0.6) is 0 Å². The van der Waals surface area contributed by atoms with E-state index in [0.717, 1.165) is 53.7 Å². The standard InChI is InChI=1S/C25H29N3O2/c1-27(2)19-13-15-28(16-14-19)17-22-24(25(29)30-3)23(18-9-5-4-6-10-18)20-11-7-8-12-21(20)26-22/h4-12,19H,13-17H2,1-3H3. The Bertz CT molecular complexity index is 1030. The molecule has 0 atom stereocenters. The van der Waals surface area contributed by atoms with Gasteiger partial charge in [0.25, 0.3) is 0 Å². The molecule has 2 heterocycles. The van der Waals surface area contributed by atoms with Gasteiger partial charge >= 0.3 is 5.97 Å². The fourth-order valence-corrected chi connectivity index (χ4v) is 4.41. The summed E-state index contributed by atoms with van der Waals surface area (Å²) in [7, 11) is 5.73. The lowest BCUT2D eigenvalue weighted by Gasteiger charge is -2.35. The molecule has 0 unspecified atom stereocenters. The lowest BCUT2D eigenvalue weighted by molar-refractivity contribution is 0.0597. The molecule has 5 nitrogen and oxygen atoms in total. The molecule has 0 radical (unpaired) electrons. The molecule has 0 bridgehead atoms. The van der Waals surface area contributed by atoms with E-state index >= 15 is 0 Å². The number of carbonyl (C=O) groups is 1. The molecule has 0 N–H and O–H groups in total. The van der Waals surface area contributed by atoms with E-state index in [1.165, 1.54) is 7.11 Å². The number of ether oxygens (including phenoxy) is 1. The van der Waals surface area contributed by atoms with E-state index in [9.17, 15) is 4.79 Å². The maximum Gasteiger partial charge on any atom is 0.340 e. The van der Waals surface area contributed by atoms with E-state index in [1.54, 1.807) is 0 Å². The molecule has 0 saturated carbocycles. The number of fused-ring (bicyclic) bond motifs is 1. The monoisotopic (exact) mass is 403 g/mol. The van der Waals surface area contributed by atoms with E-state index in [0.29, 0.717) is 18.2 Å². The quantitative estimate of drug-likeness (QED) is 0.597. The number of hydrogen-bond acceptors (Lipinski definition) is 5. The number of likely N-dealkylation sites (tertiary alicyclic amines) is 1. The van der Waals surface area contributed by atoms with Gasteiger partial charge in [0.15, 0.2) is 0 Å². The molecular weight excluding hydrogens is 374 g/mol. The molecule has 1 fully saturated rings. The molecule has 30 heavy (non-hydrogen) atoms. The Labute approximate surface area is 178 Å². The van der Waals surface area contributed by atoms with Crippen LogP contribution in [0.15, 0.2) is 54.6 Å². The van der Waals surface area contributed by atoms with Crippen LogP contribution in [0.4, 0.5) is 0 Å². The van der Waals surface area contributed by atoms with Crippen LogP contribution in [0.3, 0.4) is 0 Å². The van der Waals surface area contributed by atoms with E-state index in [1.807, 2.05) is 54.6 Å². The van der Waals surface area contributed by atoms with Crippen molar-refractivity contribution in [1.29, 1.82) is 0 Å². The third-order valence-corrected chi connectivity index (χ3v) is 6.08. The summed E-state index contributed by atoms with van der Waals surface area (Å²) >= 11 is 0. The summed E-state index contributed by atoms with van der Waals surface area (Å²) in [5.41, 5.74) is 4.19. The molecule has 156 valence electrons. The van der Waals surface area contributed by atoms with Gasteiger partial charge in [-0.2, -0.15) is 0 Å². The van der Waals surface area contributed by atoms with Crippen molar-refractivity contribution < 1.29 is 9.53 Å². The van der Waals surface area contributed by atoms with Gasteiger partial charge in [-0.05, 0) is 38.6 Å². The summed E-state index contributed by atoms with van der Waals surface area (Å²) in [6.07, 6.45) is 2.25. The summed E-state index contributed by atoms with van der Waals surface area (Å²) in [6.45, 7) is 2.65. The predicted octanol–water partition coefficient (Wildman–Crippen LogP) is 4.21. The molecule has 5 heteroatoms. The van der Waals surface area contributed by atoms with E-state index in [-0.39, 0.29) is 5.97 Å². The maximum absolute atomic E-state index is 13.0. The third kappa shape index (κ3) is 4.09. The van der Waals surface area contributed by atoms with Gasteiger partial charge in [0, 0.05) is 36.6 Å². The third-order valence-electron chi connectivity index (χ3n) is 6.08. The van der Waals surface area contributed by atoms with Gasteiger partial charge in [-0.3, -0.25) is 9.88 Å². The first-order valence-corrected chi connectivity index (χ1v) is 10.5. The molecule has 1 saturated heterocycles. The van der Waals surface area contributed by atoms with Gasteiger partial charge in [-0.1, -0.05) is 48.5 Å². The highest BCUT2D eigenvalue weighted by Crippen LogP contribution is 2.34. The van der Waals surface area contributed by atoms with Crippen molar-refractivity contribution in [3.8, 4) is 11.1 Å². The number of rotatable bonds is 5. The summed E-state index contributed by atoms with van der Waals surface area (Å²) in [5.74, 6) is -0.328. The average molecular weight is 404 g/mol. The molecule has 1 aliphatic heterocycles. The van der Waals surface area contributed by atoms with Gasteiger partial charge in [-0.15, -0.1) is 0 Å². The second-order valence-electron chi connectivity index (χ2n) is 8.15. The zero-order valence-electron chi connectivity index (χ0n) is 18.0. The Kier molecular flexibility index (Phi) is 6.11. The summed E-state index contributed by atoms with van der Waals surface area (Å²) in [4.78, 5) is 22.6. The van der Waals surface area contributed by atoms with Crippen LogP contribution in [0.1, 0.15) is 28.9 Å². The zero-order chi connectivity index (χ0) is 21.1. The topological polar surface area (TPSA) is 45.7 Å². The number of pyridine rings is 1. The van der Waals surface area contributed by atoms with Crippen LogP contribution in [0.2, 0.25) is 0 Å². The molecule has 0 aliphatic carbocycles. The van der Waals surface area contributed by atoms with Crippen LogP contribution in [0.25, 0.3) is 22.0 Å². The summed E-state index contributed by atoms with van der Waals surface area (Å²) < 4.78 is 5.22. The molecule has 0 amide bonds. The molecule has 1 aliphatic rings. The number of benzene rings is 2. The number of hydrogen-bond donors (Lipinski definition) is 0. The van der Waals surface area contributed by atoms with Crippen LogP contribution < -0.4 is 0 Å². The SMILES string of the molecule is COC(=O)c1c(CN2CCC(N(C)C)CC2)nc2ccccc2c1-c1ccccc1. The number of nitrogens with zero attached hydrogens (tertiary/aromatic N) is 3. The second kappa shape index (κ2) is 8.94. The number of aromatic nitrogens is 1. The Morgan fingerprint density at radius 3 is 2.40 bits per heavy atom. The summed E-state index contributed by atoms with van der Waals surface area (Å²) in [6, 6.07) is 18.7. The number of carbonyl (C=O) groups excluding carboxylic acids is 1. The second-order valence-corrected chi connectivity index (χ2v) is 8.15. The summed E-state index contributed by atoms with van der Waals surface area (Å²) in [5, 5.41) is 0.971. The van der Waals surface area contributed by atoms with Crippen molar-refractivity contribution >= 4 is 16.9 Å². The Morgan fingerprint density at radius 1 is 1.07 bits per heavy atom. The lowest BCUT2D eigenvalue weighted by Crippen LogP contribution is -2.41. The Morgan fingerprint density at radius 2 is 1.73 bits per heavy atom. The van der Waals surface area contributed by atoms with Crippen LogP contribution in [-0.2, 0) is 11.3 Å². The normalized spacial score (nSPS) is 15.6. The van der Waals surface area contributed by atoms with Crippen molar-refractivity contribution in [2.75, 3.05) is 34.3 Å². The van der Waals surface area contributed by atoms with Crippen LogP contribution in [0, 0.1) is 0 Å². The maximum atomic E-state index is 13.0. The minimum absolute atomic E-state index is 0.328.